The van der Waals surface area contributed by atoms with Crippen molar-refractivity contribution >= 4 is 21.8 Å². The van der Waals surface area contributed by atoms with Crippen molar-refractivity contribution < 1.29 is 8.42 Å². The maximum absolute atomic E-state index is 11.4. The Kier molecular flexibility index (Phi) is 3.21. The second-order valence-corrected chi connectivity index (χ2v) is 5.80. The predicted molar refractivity (Wildman–Crippen MR) is 63.2 cm³/mol. The molecular weight excluding hydrogens is 248 g/mol. The summed E-state index contributed by atoms with van der Waals surface area (Å²) in [5, 5.41) is 5.78. The Morgan fingerprint density at radius 3 is 2.81 bits per heavy atom. The zero-order valence-corrected chi connectivity index (χ0v) is 10.2. The average Bonchev–Trinajstić information content (AvgIpc) is 2.65. The zero-order valence-electron chi connectivity index (χ0n) is 8.64. The van der Waals surface area contributed by atoms with Gasteiger partial charge in [-0.05, 0) is 30.5 Å². The summed E-state index contributed by atoms with van der Waals surface area (Å²) in [7, 11) is -3.62. The third-order valence-electron chi connectivity index (χ3n) is 2.76. The van der Waals surface area contributed by atoms with E-state index in [2.05, 4.69) is 0 Å². The van der Waals surface area contributed by atoms with E-state index in [0.717, 1.165) is 18.4 Å². The van der Waals surface area contributed by atoms with E-state index in [1.54, 1.807) is 12.1 Å². The summed E-state index contributed by atoms with van der Waals surface area (Å²) in [5.41, 5.74) is 0.902. The van der Waals surface area contributed by atoms with Crippen LogP contribution in [0, 0.1) is 0 Å². The van der Waals surface area contributed by atoms with Gasteiger partial charge in [0.2, 0.25) is 0 Å². The smallest absolute Gasteiger partial charge is 0.216 e. The molecule has 1 heterocycles. The van der Waals surface area contributed by atoms with Gasteiger partial charge in [0.25, 0.3) is 10.2 Å². The van der Waals surface area contributed by atoms with E-state index in [1.165, 1.54) is 4.31 Å². The monoisotopic (exact) mass is 260 g/mol. The van der Waals surface area contributed by atoms with Crippen molar-refractivity contribution in [3.63, 3.8) is 0 Å². The second kappa shape index (κ2) is 4.33. The minimum Gasteiger partial charge on any atom is -0.216 e. The summed E-state index contributed by atoms with van der Waals surface area (Å²) >= 11 is 5.89. The summed E-state index contributed by atoms with van der Waals surface area (Å²) in [4.78, 5) is 0. The van der Waals surface area contributed by atoms with E-state index in [9.17, 15) is 8.42 Å². The molecule has 0 aliphatic carbocycles. The van der Waals surface area contributed by atoms with Crippen LogP contribution in [-0.2, 0) is 10.2 Å². The first-order chi connectivity index (χ1) is 7.48. The highest BCUT2D eigenvalue weighted by Crippen LogP contribution is 2.33. The summed E-state index contributed by atoms with van der Waals surface area (Å²) < 4.78 is 24.1. The van der Waals surface area contributed by atoms with Crippen LogP contribution in [0.3, 0.4) is 0 Å². The van der Waals surface area contributed by atoms with Gasteiger partial charge in [0.1, 0.15) is 0 Å². The molecule has 6 heteroatoms. The fourth-order valence-corrected chi connectivity index (χ4v) is 3.26. The van der Waals surface area contributed by atoms with Crippen LogP contribution in [0.2, 0.25) is 5.02 Å². The van der Waals surface area contributed by atoms with Gasteiger partial charge >= 0.3 is 0 Å². The molecule has 88 valence electrons. The lowest BCUT2D eigenvalue weighted by atomic mass is 10.1. The number of benzene rings is 1. The van der Waals surface area contributed by atoms with Crippen molar-refractivity contribution in [2.75, 3.05) is 6.54 Å². The van der Waals surface area contributed by atoms with Crippen LogP contribution in [0.15, 0.2) is 24.3 Å². The Morgan fingerprint density at radius 1 is 1.44 bits per heavy atom. The number of hydrogen-bond acceptors (Lipinski definition) is 2. The summed E-state index contributed by atoms with van der Waals surface area (Å²) in [6.45, 7) is 0.482. The largest absolute Gasteiger partial charge is 0.277 e. The third kappa shape index (κ3) is 2.38. The minimum absolute atomic E-state index is 0.173. The molecule has 1 fully saturated rings. The van der Waals surface area contributed by atoms with Crippen molar-refractivity contribution in [2.45, 2.75) is 18.9 Å². The highest BCUT2D eigenvalue weighted by molar-refractivity contribution is 7.86. The number of rotatable bonds is 2. The SMILES string of the molecule is NS(=O)(=O)N1CCCC1c1cccc(Cl)c1. The minimum atomic E-state index is -3.62. The maximum atomic E-state index is 11.4. The molecule has 0 bridgehead atoms. The van der Waals surface area contributed by atoms with Crippen molar-refractivity contribution in [1.29, 1.82) is 0 Å². The van der Waals surface area contributed by atoms with Crippen LogP contribution in [0.5, 0.6) is 0 Å². The first-order valence-corrected chi connectivity index (χ1v) is 6.91. The molecule has 0 amide bonds. The molecular formula is C10H13ClN2O2S. The Balaban J connectivity index is 2.34. The lowest BCUT2D eigenvalue weighted by Gasteiger charge is -2.21. The van der Waals surface area contributed by atoms with Crippen LogP contribution < -0.4 is 5.14 Å². The highest BCUT2D eigenvalue weighted by Gasteiger charge is 2.32. The van der Waals surface area contributed by atoms with Crippen LogP contribution in [0.1, 0.15) is 24.4 Å². The molecule has 0 saturated carbocycles. The summed E-state index contributed by atoms with van der Waals surface area (Å²) in [6, 6.07) is 7.07. The number of hydrogen-bond donors (Lipinski definition) is 1. The van der Waals surface area contributed by atoms with E-state index in [4.69, 9.17) is 16.7 Å². The van der Waals surface area contributed by atoms with Gasteiger partial charge in [-0.3, -0.25) is 0 Å². The summed E-state index contributed by atoms with van der Waals surface area (Å²) in [5.74, 6) is 0. The van der Waals surface area contributed by atoms with Gasteiger partial charge in [-0.1, -0.05) is 23.7 Å². The first kappa shape index (κ1) is 11.9. The molecule has 0 aromatic heterocycles. The average molecular weight is 261 g/mol. The zero-order chi connectivity index (χ0) is 11.8. The van der Waals surface area contributed by atoms with Crippen LogP contribution >= 0.6 is 11.6 Å². The Morgan fingerprint density at radius 2 is 2.19 bits per heavy atom. The fraction of sp³-hybridized carbons (Fsp3) is 0.400. The van der Waals surface area contributed by atoms with Crippen molar-refractivity contribution in [2.24, 2.45) is 5.14 Å². The number of nitrogens with zero attached hydrogens (tertiary/aromatic N) is 1. The molecule has 4 nitrogen and oxygen atoms in total. The number of nitrogens with two attached hydrogens (primary N) is 1. The van der Waals surface area contributed by atoms with Gasteiger partial charge in [0.05, 0.1) is 6.04 Å². The molecule has 1 aromatic carbocycles. The molecule has 16 heavy (non-hydrogen) atoms. The fourth-order valence-electron chi connectivity index (χ4n) is 2.09. The normalized spacial score (nSPS) is 22.5. The second-order valence-electron chi connectivity index (χ2n) is 3.87. The van der Waals surface area contributed by atoms with E-state index >= 15 is 0 Å². The first-order valence-electron chi connectivity index (χ1n) is 5.03. The molecule has 1 atom stereocenters. The van der Waals surface area contributed by atoms with Gasteiger partial charge in [-0.25, -0.2) is 5.14 Å². The summed E-state index contributed by atoms with van der Waals surface area (Å²) in [6.07, 6.45) is 1.62. The van der Waals surface area contributed by atoms with Crippen LogP contribution in [0.25, 0.3) is 0 Å². The molecule has 1 aliphatic heterocycles. The maximum Gasteiger partial charge on any atom is 0.277 e. The van der Waals surface area contributed by atoms with Crippen LogP contribution in [-0.4, -0.2) is 19.3 Å². The van der Waals surface area contributed by atoms with Gasteiger partial charge < -0.3 is 0 Å². The molecule has 2 rings (SSSR count). The van der Waals surface area contributed by atoms with Crippen molar-refractivity contribution in [3.8, 4) is 0 Å². The molecule has 0 spiro atoms. The molecule has 1 unspecified atom stereocenters. The van der Waals surface area contributed by atoms with Crippen molar-refractivity contribution in [3.05, 3.63) is 34.9 Å². The molecule has 2 N–H and O–H groups in total. The quantitative estimate of drug-likeness (QED) is 0.879. The Labute approximate surface area is 100 Å². The lowest BCUT2D eigenvalue weighted by Crippen LogP contribution is -2.36. The molecule has 1 saturated heterocycles. The predicted octanol–water partition coefficient (Wildman–Crippen LogP) is 1.68. The van der Waals surface area contributed by atoms with E-state index < -0.39 is 10.2 Å². The molecule has 1 aliphatic rings. The molecule has 1 aromatic rings. The Hall–Kier alpha value is -0.620. The van der Waals surface area contributed by atoms with Crippen LogP contribution in [0.4, 0.5) is 0 Å². The Bertz CT molecular complexity index is 489. The van der Waals surface area contributed by atoms with E-state index in [0.29, 0.717) is 11.6 Å². The standard InChI is InChI=1S/C10H13ClN2O2S/c11-9-4-1-3-8(7-9)10-5-2-6-13(10)16(12,14)15/h1,3-4,7,10H,2,5-6H2,(H2,12,14,15). The van der Waals surface area contributed by atoms with E-state index in [-0.39, 0.29) is 6.04 Å². The van der Waals surface area contributed by atoms with E-state index in [1.807, 2.05) is 12.1 Å². The van der Waals surface area contributed by atoms with Gasteiger partial charge in [-0.15, -0.1) is 0 Å². The number of halogens is 1. The van der Waals surface area contributed by atoms with Gasteiger partial charge in [-0.2, -0.15) is 12.7 Å². The highest BCUT2D eigenvalue weighted by atomic mass is 35.5. The topological polar surface area (TPSA) is 63.4 Å². The van der Waals surface area contributed by atoms with Gasteiger partial charge in [0, 0.05) is 11.6 Å². The lowest BCUT2D eigenvalue weighted by molar-refractivity contribution is 0.397. The van der Waals surface area contributed by atoms with Gasteiger partial charge in [0.15, 0.2) is 0 Å². The van der Waals surface area contributed by atoms with Crippen molar-refractivity contribution in [1.82, 2.24) is 4.31 Å². The molecule has 0 radical (unpaired) electrons. The third-order valence-corrected chi connectivity index (χ3v) is 4.09.